The molecule has 1 heterocycles. The van der Waals surface area contributed by atoms with E-state index >= 15 is 0 Å². The number of piperazine rings is 1. The van der Waals surface area contributed by atoms with E-state index in [4.69, 9.17) is 0 Å². The highest BCUT2D eigenvalue weighted by atomic mass is 32.2. The predicted molar refractivity (Wildman–Crippen MR) is 66.7 cm³/mol. The minimum atomic E-state index is -0.658. The number of hydrogen-bond acceptors (Lipinski definition) is 3. The molecule has 0 radical (unpaired) electrons. The molecule has 0 spiro atoms. The van der Waals surface area contributed by atoms with Gasteiger partial charge in [-0.2, -0.15) is 0 Å². The van der Waals surface area contributed by atoms with Crippen molar-refractivity contribution in [3.8, 4) is 0 Å². The Morgan fingerprint density at radius 3 is 2.60 bits per heavy atom. The molecule has 0 amide bonds. The van der Waals surface area contributed by atoms with Crippen LogP contribution < -0.4 is 5.32 Å². The van der Waals surface area contributed by atoms with E-state index < -0.39 is 10.8 Å². The molecule has 1 atom stereocenters. The maximum Gasteiger partial charge on any atom is 0.0359 e. The van der Waals surface area contributed by atoms with E-state index in [0.29, 0.717) is 5.54 Å². The molecule has 1 aliphatic heterocycles. The van der Waals surface area contributed by atoms with Crippen LogP contribution in [-0.2, 0) is 10.8 Å². The van der Waals surface area contributed by atoms with E-state index in [1.165, 1.54) is 12.8 Å². The topological polar surface area (TPSA) is 32.3 Å². The summed E-state index contributed by atoms with van der Waals surface area (Å²) in [5, 5.41) is 3.63. The van der Waals surface area contributed by atoms with Crippen LogP contribution in [0.25, 0.3) is 0 Å². The van der Waals surface area contributed by atoms with Crippen LogP contribution in [0.1, 0.15) is 26.7 Å². The smallest absolute Gasteiger partial charge is 0.0359 e. The van der Waals surface area contributed by atoms with Crippen LogP contribution in [0.4, 0.5) is 0 Å². The van der Waals surface area contributed by atoms with Crippen molar-refractivity contribution in [3.63, 3.8) is 0 Å². The van der Waals surface area contributed by atoms with Gasteiger partial charge in [-0.05, 0) is 12.8 Å². The van der Waals surface area contributed by atoms with Crippen LogP contribution in [-0.4, -0.2) is 52.8 Å². The van der Waals surface area contributed by atoms with E-state index in [0.717, 1.165) is 31.9 Å². The van der Waals surface area contributed by atoms with E-state index in [9.17, 15) is 4.21 Å². The molecular weight excluding hydrogens is 208 g/mol. The third-order valence-electron chi connectivity index (χ3n) is 3.50. The molecule has 1 aliphatic rings. The van der Waals surface area contributed by atoms with Gasteiger partial charge >= 0.3 is 0 Å². The summed E-state index contributed by atoms with van der Waals surface area (Å²) in [4.78, 5) is 2.45. The van der Waals surface area contributed by atoms with Gasteiger partial charge in [0.15, 0.2) is 0 Å². The normalized spacial score (nSPS) is 23.9. The molecule has 1 N–H and O–H groups in total. The minimum Gasteiger partial charge on any atom is -0.309 e. The minimum absolute atomic E-state index is 0.299. The summed E-state index contributed by atoms with van der Waals surface area (Å²) in [6, 6.07) is 0. The Bertz CT molecular complexity index is 217. The van der Waals surface area contributed by atoms with Gasteiger partial charge in [-0.1, -0.05) is 13.8 Å². The maximum atomic E-state index is 11.1. The van der Waals surface area contributed by atoms with Crippen molar-refractivity contribution in [2.45, 2.75) is 32.2 Å². The second-order valence-corrected chi connectivity index (χ2v) is 6.02. The molecule has 0 saturated carbocycles. The number of rotatable bonds is 5. The fourth-order valence-electron chi connectivity index (χ4n) is 2.21. The average Bonchev–Trinajstić information content (AvgIpc) is 2.26. The monoisotopic (exact) mass is 232 g/mol. The van der Waals surface area contributed by atoms with Gasteiger partial charge in [-0.15, -0.1) is 0 Å². The summed E-state index contributed by atoms with van der Waals surface area (Å²) in [6.07, 6.45) is 4.14. The lowest BCUT2D eigenvalue weighted by Gasteiger charge is -2.43. The molecule has 0 aromatic heterocycles. The molecule has 0 bridgehead atoms. The van der Waals surface area contributed by atoms with Gasteiger partial charge in [-0.25, -0.2) is 0 Å². The zero-order valence-electron chi connectivity index (χ0n) is 10.2. The molecule has 1 fully saturated rings. The number of hydrogen-bond donors (Lipinski definition) is 1. The molecule has 15 heavy (non-hydrogen) atoms. The zero-order chi connectivity index (χ0) is 11.3. The highest BCUT2D eigenvalue weighted by Gasteiger charge is 2.31. The Labute approximate surface area is 96.1 Å². The van der Waals surface area contributed by atoms with Crippen LogP contribution in [0.2, 0.25) is 0 Å². The standard InChI is InChI=1S/C11H24N2OS/c1-4-11(5-2)10-13(7-6-12-11)8-9-15(3)14/h12H,4-10H2,1-3H3. The van der Waals surface area contributed by atoms with Crippen molar-refractivity contribution in [1.82, 2.24) is 10.2 Å². The van der Waals surface area contributed by atoms with Crippen molar-refractivity contribution in [2.24, 2.45) is 0 Å². The Morgan fingerprint density at radius 1 is 1.40 bits per heavy atom. The first-order valence-electron chi connectivity index (χ1n) is 5.89. The summed E-state index contributed by atoms with van der Waals surface area (Å²) < 4.78 is 11.1. The quantitative estimate of drug-likeness (QED) is 0.762. The number of nitrogens with zero attached hydrogens (tertiary/aromatic N) is 1. The SMILES string of the molecule is CCC1(CC)CN(CCS(C)=O)CCN1. The highest BCUT2D eigenvalue weighted by Crippen LogP contribution is 2.19. The molecule has 1 unspecified atom stereocenters. The van der Waals surface area contributed by atoms with E-state index in [2.05, 4.69) is 24.1 Å². The van der Waals surface area contributed by atoms with Crippen molar-refractivity contribution in [3.05, 3.63) is 0 Å². The lowest BCUT2D eigenvalue weighted by molar-refractivity contribution is 0.130. The van der Waals surface area contributed by atoms with Crippen molar-refractivity contribution < 1.29 is 4.21 Å². The lowest BCUT2D eigenvalue weighted by Crippen LogP contribution is -2.60. The molecule has 3 nitrogen and oxygen atoms in total. The third kappa shape index (κ3) is 3.85. The predicted octanol–water partition coefficient (Wildman–Crippen LogP) is 0.829. The second kappa shape index (κ2) is 5.97. The molecule has 0 aliphatic carbocycles. The van der Waals surface area contributed by atoms with Gasteiger partial charge in [0.25, 0.3) is 0 Å². The molecule has 90 valence electrons. The summed E-state index contributed by atoms with van der Waals surface area (Å²) >= 11 is 0. The number of nitrogens with one attached hydrogen (secondary N) is 1. The van der Waals surface area contributed by atoms with E-state index in [1.807, 2.05) is 0 Å². The fraction of sp³-hybridized carbons (Fsp3) is 1.00. The van der Waals surface area contributed by atoms with Crippen molar-refractivity contribution in [2.75, 3.05) is 38.2 Å². The first kappa shape index (κ1) is 13.1. The third-order valence-corrected chi connectivity index (χ3v) is 4.26. The fourth-order valence-corrected chi connectivity index (χ4v) is 2.73. The molecule has 1 saturated heterocycles. The van der Waals surface area contributed by atoms with Gasteiger partial charge in [0, 0.05) is 54.5 Å². The second-order valence-electron chi connectivity index (χ2n) is 4.47. The summed E-state index contributed by atoms with van der Waals surface area (Å²) in [6.45, 7) is 8.75. The molecule has 0 aromatic rings. The van der Waals surface area contributed by atoms with Gasteiger partial charge < -0.3 is 5.32 Å². The summed E-state index contributed by atoms with van der Waals surface area (Å²) in [5.41, 5.74) is 0.299. The maximum absolute atomic E-state index is 11.1. The van der Waals surface area contributed by atoms with Crippen LogP contribution in [0, 0.1) is 0 Å². The van der Waals surface area contributed by atoms with E-state index in [1.54, 1.807) is 6.26 Å². The van der Waals surface area contributed by atoms with Crippen LogP contribution in [0.5, 0.6) is 0 Å². The largest absolute Gasteiger partial charge is 0.309 e. The lowest BCUT2D eigenvalue weighted by atomic mass is 9.90. The van der Waals surface area contributed by atoms with E-state index in [-0.39, 0.29) is 0 Å². The average molecular weight is 232 g/mol. The Kier molecular flexibility index (Phi) is 5.23. The van der Waals surface area contributed by atoms with Gasteiger partial charge in [0.2, 0.25) is 0 Å². The highest BCUT2D eigenvalue weighted by molar-refractivity contribution is 7.84. The van der Waals surface area contributed by atoms with Crippen molar-refractivity contribution in [1.29, 1.82) is 0 Å². The Balaban J connectivity index is 2.44. The molecule has 4 heteroatoms. The summed E-state index contributed by atoms with van der Waals surface area (Å²) in [7, 11) is -0.658. The zero-order valence-corrected chi connectivity index (χ0v) is 11.0. The van der Waals surface area contributed by atoms with Crippen LogP contribution in [0.3, 0.4) is 0 Å². The first-order valence-corrected chi connectivity index (χ1v) is 7.62. The Hall–Kier alpha value is 0.0700. The Morgan fingerprint density at radius 2 is 2.07 bits per heavy atom. The van der Waals surface area contributed by atoms with Gasteiger partial charge in [-0.3, -0.25) is 9.11 Å². The molecular formula is C11H24N2OS. The summed E-state index contributed by atoms with van der Waals surface area (Å²) in [5.74, 6) is 0.809. The van der Waals surface area contributed by atoms with Gasteiger partial charge in [0.05, 0.1) is 0 Å². The molecule has 1 rings (SSSR count). The van der Waals surface area contributed by atoms with Crippen molar-refractivity contribution >= 4 is 10.8 Å². The van der Waals surface area contributed by atoms with Gasteiger partial charge in [0.1, 0.15) is 0 Å². The van der Waals surface area contributed by atoms with Crippen LogP contribution >= 0.6 is 0 Å². The van der Waals surface area contributed by atoms with Crippen LogP contribution in [0.15, 0.2) is 0 Å². The first-order chi connectivity index (χ1) is 7.12. The molecule has 0 aromatic carbocycles.